The number of benzene rings is 1. The molecule has 1 aromatic rings. The molecule has 1 rings (SSSR count). The van der Waals surface area contributed by atoms with Gasteiger partial charge in [-0.25, -0.2) is 0 Å². The number of carboxylic acids is 1. The first kappa shape index (κ1) is 15.0. The van der Waals surface area contributed by atoms with Crippen molar-refractivity contribution in [1.82, 2.24) is 5.32 Å². The molecule has 0 aliphatic carbocycles. The quantitative estimate of drug-likeness (QED) is 0.649. The van der Waals surface area contributed by atoms with Crippen LogP contribution in [0.4, 0.5) is 5.69 Å². The molecule has 0 radical (unpaired) electrons. The van der Waals surface area contributed by atoms with Crippen molar-refractivity contribution in [1.29, 1.82) is 0 Å². The van der Waals surface area contributed by atoms with Gasteiger partial charge in [0.25, 0.3) is 0 Å². The van der Waals surface area contributed by atoms with Gasteiger partial charge in [-0.05, 0) is 30.5 Å². The number of nitrogen functional groups attached to an aromatic ring is 1. The first-order valence-electron chi connectivity index (χ1n) is 6.33. The predicted octanol–water partition coefficient (Wildman–Crippen LogP) is 1.43. The second kappa shape index (κ2) is 7.41. The van der Waals surface area contributed by atoms with Gasteiger partial charge in [0.2, 0.25) is 5.91 Å². The van der Waals surface area contributed by atoms with Gasteiger partial charge in [0.1, 0.15) is 0 Å². The molecular weight excluding hydrogens is 244 g/mol. The van der Waals surface area contributed by atoms with Crippen molar-refractivity contribution >= 4 is 17.6 Å². The molecule has 5 heteroatoms. The number of carbonyl (C=O) groups excluding carboxylic acids is 1. The molecule has 1 amide bonds. The lowest BCUT2D eigenvalue weighted by atomic mass is 10.1. The van der Waals surface area contributed by atoms with E-state index in [1.807, 2.05) is 24.3 Å². The monoisotopic (exact) mass is 264 g/mol. The van der Waals surface area contributed by atoms with E-state index in [0.29, 0.717) is 31.5 Å². The molecule has 104 valence electrons. The van der Waals surface area contributed by atoms with Crippen LogP contribution >= 0.6 is 0 Å². The summed E-state index contributed by atoms with van der Waals surface area (Å²) in [5.74, 6) is -1.33. The van der Waals surface area contributed by atoms with Crippen LogP contribution in [0.5, 0.6) is 0 Å². The maximum Gasteiger partial charge on any atom is 0.306 e. The number of anilines is 1. The van der Waals surface area contributed by atoms with Gasteiger partial charge in [-0.2, -0.15) is 0 Å². The van der Waals surface area contributed by atoms with Crippen molar-refractivity contribution in [3.05, 3.63) is 29.8 Å². The average molecular weight is 264 g/mol. The van der Waals surface area contributed by atoms with Gasteiger partial charge in [-0.1, -0.05) is 19.1 Å². The van der Waals surface area contributed by atoms with Crippen molar-refractivity contribution in [2.75, 3.05) is 12.3 Å². The van der Waals surface area contributed by atoms with Gasteiger partial charge in [0.15, 0.2) is 0 Å². The summed E-state index contributed by atoms with van der Waals surface area (Å²) in [5.41, 5.74) is 7.34. The highest BCUT2D eigenvalue weighted by Gasteiger charge is 2.10. The van der Waals surface area contributed by atoms with E-state index in [1.54, 1.807) is 6.92 Å². The summed E-state index contributed by atoms with van der Waals surface area (Å²) >= 11 is 0. The molecule has 0 saturated carbocycles. The fourth-order valence-corrected chi connectivity index (χ4v) is 1.58. The number of nitrogens with one attached hydrogen (secondary N) is 1. The van der Waals surface area contributed by atoms with Crippen molar-refractivity contribution in [3.8, 4) is 0 Å². The smallest absolute Gasteiger partial charge is 0.306 e. The third-order valence-electron chi connectivity index (χ3n) is 2.94. The first-order chi connectivity index (χ1) is 8.99. The number of amides is 1. The van der Waals surface area contributed by atoms with E-state index in [9.17, 15) is 9.59 Å². The summed E-state index contributed by atoms with van der Waals surface area (Å²) in [4.78, 5) is 22.1. The third kappa shape index (κ3) is 5.90. The van der Waals surface area contributed by atoms with E-state index < -0.39 is 11.9 Å². The minimum Gasteiger partial charge on any atom is -0.481 e. The number of aryl methyl sites for hydroxylation is 1. The number of nitrogens with two attached hydrogens (primary N) is 1. The van der Waals surface area contributed by atoms with E-state index in [4.69, 9.17) is 10.8 Å². The van der Waals surface area contributed by atoms with Crippen LogP contribution in [0.2, 0.25) is 0 Å². The molecule has 1 atom stereocenters. The second-order valence-corrected chi connectivity index (χ2v) is 4.62. The Bertz CT molecular complexity index is 429. The fraction of sp³-hybridized carbons (Fsp3) is 0.429. The molecule has 5 nitrogen and oxygen atoms in total. The Morgan fingerprint density at radius 3 is 2.53 bits per heavy atom. The van der Waals surface area contributed by atoms with Crippen LogP contribution in [0, 0.1) is 5.92 Å². The zero-order valence-corrected chi connectivity index (χ0v) is 11.1. The van der Waals surface area contributed by atoms with Crippen LogP contribution in [0.1, 0.15) is 25.3 Å². The summed E-state index contributed by atoms with van der Waals surface area (Å²) in [5, 5.41) is 11.4. The van der Waals surface area contributed by atoms with Gasteiger partial charge >= 0.3 is 5.97 Å². The maximum atomic E-state index is 11.6. The molecule has 1 unspecified atom stereocenters. The highest BCUT2D eigenvalue weighted by atomic mass is 16.4. The molecule has 0 saturated heterocycles. The lowest BCUT2D eigenvalue weighted by Crippen LogP contribution is -2.27. The first-order valence-corrected chi connectivity index (χ1v) is 6.33. The summed E-state index contributed by atoms with van der Waals surface area (Å²) in [6.45, 7) is 2.02. The standard InChI is InChI=1S/C14H20N2O3/c1-10(14(18)19)8-9-16-13(17)7-4-11-2-5-12(15)6-3-11/h2-3,5-6,10H,4,7-9,15H2,1H3,(H,16,17)(H,18,19). The lowest BCUT2D eigenvalue weighted by molar-refractivity contribution is -0.141. The Labute approximate surface area is 112 Å². The Kier molecular flexibility index (Phi) is 5.85. The number of rotatable bonds is 7. The van der Waals surface area contributed by atoms with E-state index in [1.165, 1.54) is 0 Å². The SMILES string of the molecule is CC(CCNC(=O)CCc1ccc(N)cc1)C(=O)O. The molecule has 0 spiro atoms. The van der Waals surface area contributed by atoms with Crippen molar-refractivity contribution in [2.45, 2.75) is 26.2 Å². The molecule has 0 bridgehead atoms. The minimum atomic E-state index is -0.837. The number of hydrogen-bond acceptors (Lipinski definition) is 3. The Morgan fingerprint density at radius 1 is 1.32 bits per heavy atom. The summed E-state index contributed by atoms with van der Waals surface area (Å²) in [7, 11) is 0. The van der Waals surface area contributed by atoms with Crippen molar-refractivity contribution in [2.24, 2.45) is 5.92 Å². The molecule has 19 heavy (non-hydrogen) atoms. The Balaban J connectivity index is 2.21. The highest BCUT2D eigenvalue weighted by molar-refractivity contribution is 5.76. The molecule has 0 heterocycles. The van der Waals surface area contributed by atoms with Crippen LogP contribution in [0.25, 0.3) is 0 Å². The largest absolute Gasteiger partial charge is 0.481 e. The summed E-state index contributed by atoms with van der Waals surface area (Å²) in [6, 6.07) is 7.41. The molecule has 0 fully saturated rings. The number of hydrogen-bond donors (Lipinski definition) is 3. The van der Waals surface area contributed by atoms with Crippen molar-refractivity contribution in [3.63, 3.8) is 0 Å². The van der Waals surface area contributed by atoms with Crippen LogP contribution in [0.15, 0.2) is 24.3 Å². The topological polar surface area (TPSA) is 92.4 Å². The summed E-state index contributed by atoms with van der Waals surface area (Å²) < 4.78 is 0. The van der Waals surface area contributed by atoms with Crippen LogP contribution in [-0.2, 0) is 16.0 Å². The average Bonchev–Trinajstić information content (AvgIpc) is 2.37. The van der Waals surface area contributed by atoms with E-state index >= 15 is 0 Å². The van der Waals surface area contributed by atoms with Crippen LogP contribution in [0.3, 0.4) is 0 Å². The molecule has 0 aromatic heterocycles. The third-order valence-corrected chi connectivity index (χ3v) is 2.94. The molecule has 0 aliphatic rings. The Hall–Kier alpha value is -2.04. The van der Waals surface area contributed by atoms with Crippen molar-refractivity contribution < 1.29 is 14.7 Å². The van der Waals surface area contributed by atoms with Gasteiger partial charge in [-0.3, -0.25) is 9.59 Å². The van der Waals surface area contributed by atoms with E-state index in [2.05, 4.69) is 5.32 Å². The maximum absolute atomic E-state index is 11.6. The summed E-state index contributed by atoms with van der Waals surface area (Å²) in [6.07, 6.45) is 1.49. The molecular formula is C14H20N2O3. The lowest BCUT2D eigenvalue weighted by Gasteiger charge is -2.08. The number of carbonyl (C=O) groups is 2. The highest BCUT2D eigenvalue weighted by Crippen LogP contribution is 2.07. The predicted molar refractivity (Wildman–Crippen MR) is 73.6 cm³/mol. The van der Waals surface area contributed by atoms with Gasteiger partial charge in [0, 0.05) is 18.7 Å². The Morgan fingerprint density at radius 2 is 1.95 bits per heavy atom. The zero-order valence-electron chi connectivity index (χ0n) is 11.1. The van der Waals surface area contributed by atoms with Gasteiger partial charge in [-0.15, -0.1) is 0 Å². The van der Waals surface area contributed by atoms with Gasteiger partial charge < -0.3 is 16.2 Å². The minimum absolute atomic E-state index is 0.0607. The zero-order chi connectivity index (χ0) is 14.3. The van der Waals surface area contributed by atoms with Gasteiger partial charge in [0.05, 0.1) is 5.92 Å². The van der Waals surface area contributed by atoms with Crippen LogP contribution < -0.4 is 11.1 Å². The normalized spacial score (nSPS) is 11.8. The number of carboxylic acid groups (broad SMARTS) is 1. The van der Waals surface area contributed by atoms with E-state index in [-0.39, 0.29) is 5.91 Å². The molecule has 0 aliphatic heterocycles. The molecule has 4 N–H and O–H groups in total. The second-order valence-electron chi connectivity index (χ2n) is 4.62. The van der Waals surface area contributed by atoms with Crippen LogP contribution in [-0.4, -0.2) is 23.5 Å². The number of aliphatic carboxylic acids is 1. The molecule has 1 aromatic carbocycles. The van der Waals surface area contributed by atoms with E-state index in [0.717, 1.165) is 5.56 Å². The fourth-order valence-electron chi connectivity index (χ4n) is 1.58.